The molecule has 2 rings (SSSR count). The zero-order chi connectivity index (χ0) is 13.7. The van der Waals surface area contributed by atoms with E-state index >= 15 is 0 Å². The molecule has 1 unspecified atom stereocenters. The first-order valence-electron chi connectivity index (χ1n) is 6.55. The normalized spacial score (nSPS) is 20.2. The molecule has 0 saturated carbocycles. The van der Waals surface area contributed by atoms with Crippen LogP contribution in [0, 0.1) is 5.82 Å². The Hall–Kier alpha value is -1.14. The Kier molecular flexibility index (Phi) is 4.76. The third-order valence-corrected chi connectivity index (χ3v) is 4.58. The van der Waals surface area contributed by atoms with Crippen molar-refractivity contribution < 1.29 is 12.8 Å². The third kappa shape index (κ3) is 4.80. The summed E-state index contributed by atoms with van der Waals surface area (Å²) in [5.41, 5.74) is 0.401. The highest BCUT2D eigenvalue weighted by atomic mass is 32.2. The summed E-state index contributed by atoms with van der Waals surface area (Å²) in [7, 11) is -3.36. The van der Waals surface area contributed by atoms with E-state index in [2.05, 4.69) is 10.0 Å². The van der Waals surface area contributed by atoms with E-state index in [0.717, 1.165) is 25.8 Å². The fraction of sp³-hybridized carbons (Fsp3) is 0.538. The van der Waals surface area contributed by atoms with Gasteiger partial charge in [0.15, 0.2) is 0 Å². The average molecular weight is 286 g/mol. The van der Waals surface area contributed by atoms with Gasteiger partial charge in [-0.1, -0.05) is 6.42 Å². The molecule has 1 aliphatic rings. The maximum Gasteiger partial charge on any atom is 0.232 e. The van der Waals surface area contributed by atoms with Gasteiger partial charge in [-0.05, 0) is 50.1 Å². The lowest BCUT2D eigenvalue weighted by atomic mass is 10.0. The minimum Gasteiger partial charge on any atom is -0.314 e. The molecule has 0 spiro atoms. The van der Waals surface area contributed by atoms with Crippen molar-refractivity contribution in [2.75, 3.05) is 17.0 Å². The molecular formula is C13H19FN2O2S. The molecule has 1 saturated heterocycles. The zero-order valence-electron chi connectivity index (χ0n) is 10.7. The quantitative estimate of drug-likeness (QED) is 0.871. The second-order valence-electron chi connectivity index (χ2n) is 4.86. The van der Waals surface area contributed by atoms with Gasteiger partial charge >= 0.3 is 0 Å². The van der Waals surface area contributed by atoms with Gasteiger partial charge in [0.1, 0.15) is 5.82 Å². The average Bonchev–Trinajstić information content (AvgIpc) is 2.40. The molecule has 0 aliphatic carbocycles. The minimum atomic E-state index is -3.36. The van der Waals surface area contributed by atoms with Crippen molar-refractivity contribution >= 4 is 15.7 Å². The molecule has 0 amide bonds. The highest BCUT2D eigenvalue weighted by molar-refractivity contribution is 7.92. The van der Waals surface area contributed by atoms with Crippen molar-refractivity contribution in [3.05, 3.63) is 30.1 Å². The van der Waals surface area contributed by atoms with Gasteiger partial charge in [-0.2, -0.15) is 0 Å². The summed E-state index contributed by atoms with van der Waals surface area (Å²) in [4.78, 5) is 0. The number of hydrogen-bond acceptors (Lipinski definition) is 3. The highest BCUT2D eigenvalue weighted by Crippen LogP contribution is 2.14. The molecule has 1 aromatic rings. The van der Waals surface area contributed by atoms with Crippen LogP contribution in [-0.2, 0) is 10.0 Å². The van der Waals surface area contributed by atoms with Crippen molar-refractivity contribution in [3.8, 4) is 0 Å². The van der Waals surface area contributed by atoms with E-state index in [9.17, 15) is 12.8 Å². The van der Waals surface area contributed by atoms with Crippen LogP contribution in [0.4, 0.5) is 10.1 Å². The lowest BCUT2D eigenvalue weighted by Gasteiger charge is -2.23. The van der Waals surface area contributed by atoms with E-state index in [1.54, 1.807) is 0 Å². The van der Waals surface area contributed by atoms with Gasteiger partial charge in [-0.25, -0.2) is 12.8 Å². The number of hydrogen-bond donors (Lipinski definition) is 2. The second kappa shape index (κ2) is 6.34. The van der Waals surface area contributed by atoms with Gasteiger partial charge in [0.2, 0.25) is 10.0 Å². The third-order valence-electron chi connectivity index (χ3n) is 3.26. The summed E-state index contributed by atoms with van der Waals surface area (Å²) in [5, 5.41) is 3.32. The van der Waals surface area contributed by atoms with E-state index in [1.165, 1.54) is 24.3 Å². The van der Waals surface area contributed by atoms with Crippen molar-refractivity contribution in [2.24, 2.45) is 0 Å². The number of piperidine rings is 1. The van der Waals surface area contributed by atoms with Crippen molar-refractivity contribution in [1.82, 2.24) is 5.32 Å². The monoisotopic (exact) mass is 286 g/mol. The maximum absolute atomic E-state index is 12.7. The predicted octanol–water partition coefficient (Wildman–Crippen LogP) is 2.10. The number of rotatable bonds is 5. The van der Waals surface area contributed by atoms with Gasteiger partial charge in [-0.15, -0.1) is 0 Å². The van der Waals surface area contributed by atoms with Crippen LogP contribution >= 0.6 is 0 Å². The van der Waals surface area contributed by atoms with Gasteiger partial charge in [0, 0.05) is 11.7 Å². The summed E-state index contributed by atoms with van der Waals surface area (Å²) in [6, 6.07) is 5.61. The summed E-state index contributed by atoms with van der Waals surface area (Å²) in [6.07, 6.45) is 3.96. The van der Waals surface area contributed by atoms with Crippen LogP contribution in [0.2, 0.25) is 0 Å². The number of halogens is 1. The minimum absolute atomic E-state index is 0.0854. The summed E-state index contributed by atoms with van der Waals surface area (Å²) in [5.74, 6) is -0.295. The van der Waals surface area contributed by atoms with E-state index < -0.39 is 10.0 Å². The molecular weight excluding hydrogens is 267 g/mol. The predicted molar refractivity (Wildman–Crippen MR) is 74.1 cm³/mol. The second-order valence-corrected chi connectivity index (χ2v) is 6.71. The number of benzene rings is 1. The van der Waals surface area contributed by atoms with Crippen LogP contribution < -0.4 is 10.0 Å². The smallest absolute Gasteiger partial charge is 0.232 e. The van der Waals surface area contributed by atoms with Gasteiger partial charge in [-0.3, -0.25) is 4.72 Å². The van der Waals surface area contributed by atoms with Gasteiger partial charge in [0.25, 0.3) is 0 Å². The lowest BCUT2D eigenvalue weighted by molar-refractivity contribution is 0.393. The maximum atomic E-state index is 12.7. The molecule has 1 atom stereocenters. The summed E-state index contributed by atoms with van der Waals surface area (Å²) >= 11 is 0. The van der Waals surface area contributed by atoms with Crippen LogP contribution in [0.15, 0.2) is 24.3 Å². The highest BCUT2D eigenvalue weighted by Gasteiger charge is 2.17. The fourth-order valence-corrected chi connectivity index (χ4v) is 3.41. The van der Waals surface area contributed by atoms with E-state index in [4.69, 9.17) is 0 Å². The zero-order valence-corrected chi connectivity index (χ0v) is 11.5. The Morgan fingerprint density at radius 1 is 1.26 bits per heavy atom. The molecule has 19 heavy (non-hydrogen) atoms. The molecule has 0 aromatic heterocycles. The molecule has 1 fully saturated rings. The van der Waals surface area contributed by atoms with Crippen molar-refractivity contribution in [3.63, 3.8) is 0 Å². The topological polar surface area (TPSA) is 58.2 Å². The van der Waals surface area contributed by atoms with Crippen LogP contribution in [0.5, 0.6) is 0 Å². The number of sulfonamides is 1. The van der Waals surface area contributed by atoms with E-state index in [0.29, 0.717) is 18.2 Å². The molecule has 1 heterocycles. The molecule has 0 radical (unpaired) electrons. The molecule has 6 heteroatoms. The Balaban J connectivity index is 1.85. The standard InChI is InChI=1S/C13H19FN2O2S/c14-11-4-6-13(7-5-11)16-19(17,18)10-8-12-3-1-2-9-15-12/h4-7,12,15-16H,1-3,8-10H2. The van der Waals surface area contributed by atoms with Crippen molar-refractivity contribution in [1.29, 1.82) is 0 Å². The molecule has 2 N–H and O–H groups in total. The van der Waals surface area contributed by atoms with Crippen LogP contribution in [0.1, 0.15) is 25.7 Å². The first-order chi connectivity index (χ1) is 9.05. The van der Waals surface area contributed by atoms with Gasteiger partial charge in [0.05, 0.1) is 5.75 Å². The Morgan fingerprint density at radius 2 is 2.00 bits per heavy atom. The molecule has 106 valence electrons. The SMILES string of the molecule is O=S(=O)(CCC1CCCCN1)Nc1ccc(F)cc1. The fourth-order valence-electron chi connectivity index (χ4n) is 2.22. The molecule has 1 aromatic carbocycles. The van der Waals surface area contributed by atoms with E-state index in [1.807, 2.05) is 0 Å². The summed E-state index contributed by atoms with van der Waals surface area (Å²) < 4.78 is 39.0. The Morgan fingerprint density at radius 3 is 2.63 bits per heavy atom. The lowest BCUT2D eigenvalue weighted by Crippen LogP contribution is -2.36. The Bertz CT molecular complexity index is 496. The van der Waals surface area contributed by atoms with Crippen LogP contribution in [-0.4, -0.2) is 26.8 Å². The Labute approximate surface area is 113 Å². The molecule has 0 bridgehead atoms. The summed E-state index contributed by atoms with van der Waals surface area (Å²) in [6.45, 7) is 0.968. The van der Waals surface area contributed by atoms with Gasteiger partial charge < -0.3 is 5.32 Å². The first-order valence-corrected chi connectivity index (χ1v) is 8.20. The van der Waals surface area contributed by atoms with Crippen molar-refractivity contribution in [2.45, 2.75) is 31.7 Å². The van der Waals surface area contributed by atoms with Crippen LogP contribution in [0.25, 0.3) is 0 Å². The van der Waals surface area contributed by atoms with Crippen LogP contribution in [0.3, 0.4) is 0 Å². The number of anilines is 1. The van der Waals surface area contributed by atoms with E-state index in [-0.39, 0.29) is 11.6 Å². The molecule has 1 aliphatic heterocycles. The molecule has 4 nitrogen and oxygen atoms in total. The first kappa shape index (κ1) is 14.3. The largest absolute Gasteiger partial charge is 0.314 e. The number of nitrogens with one attached hydrogen (secondary N) is 2.